The van der Waals surface area contributed by atoms with Gasteiger partial charge in [0.15, 0.2) is 0 Å². The van der Waals surface area contributed by atoms with Crippen LogP contribution in [-0.2, 0) is 20.7 Å². The molecule has 0 aliphatic carbocycles. The first-order chi connectivity index (χ1) is 14.1. The van der Waals surface area contributed by atoms with Gasteiger partial charge in [-0.15, -0.1) is 0 Å². The van der Waals surface area contributed by atoms with Crippen molar-refractivity contribution in [2.45, 2.75) is 38.8 Å². The number of halogens is 1. The van der Waals surface area contributed by atoms with Crippen LogP contribution in [0.5, 0.6) is 0 Å². The van der Waals surface area contributed by atoms with Gasteiger partial charge in [-0.3, -0.25) is 9.59 Å². The molecule has 3 amide bonds. The highest BCUT2D eigenvalue weighted by atomic mass is 79.9. The van der Waals surface area contributed by atoms with Crippen LogP contribution < -0.4 is 16.0 Å². The molecule has 0 fully saturated rings. The fourth-order valence-corrected chi connectivity index (χ4v) is 2.84. The minimum Gasteiger partial charge on any atom is -0.459 e. The number of hydrogen-bond acceptors (Lipinski definition) is 4. The number of benzene rings is 2. The van der Waals surface area contributed by atoms with Gasteiger partial charge in [-0.25, -0.2) is 4.79 Å². The summed E-state index contributed by atoms with van der Waals surface area (Å²) in [6, 6.07) is 15.0. The molecule has 0 aliphatic rings. The van der Waals surface area contributed by atoms with Gasteiger partial charge in [-0.05, 0) is 50.6 Å². The highest BCUT2D eigenvalue weighted by Gasteiger charge is 2.23. The van der Waals surface area contributed by atoms with Crippen molar-refractivity contribution < 1.29 is 19.1 Å². The van der Waals surface area contributed by atoms with Gasteiger partial charge in [0, 0.05) is 16.6 Å². The Bertz CT molecular complexity index is 864. The number of ether oxygens (including phenoxy) is 1. The lowest BCUT2D eigenvalue weighted by Gasteiger charge is -2.21. The molecular weight excluding hydrogens is 450 g/mol. The summed E-state index contributed by atoms with van der Waals surface area (Å²) in [7, 11) is 0. The van der Waals surface area contributed by atoms with Crippen LogP contribution in [0.3, 0.4) is 0 Å². The van der Waals surface area contributed by atoms with Crippen LogP contribution in [0.15, 0.2) is 59.1 Å². The maximum Gasteiger partial charge on any atom is 0.325 e. The summed E-state index contributed by atoms with van der Waals surface area (Å²) in [5.41, 5.74) is 0.816. The number of hydrogen-bond donors (Lipinski definition) is 3. The van der Waals surface area contributed by atoms with E-state index in [0.29, 0.717) is 5.69 Å². The van der Waals surface area contributed by atoms with Gasteiger partial charge in [0.2, 0.25) is 5.91 Å². The molecule has 0 aromatic heterocycles. The largest absolute Gasteiger partial charge is 0.459 e. The SMILES string of the molecule is CC(C)(C)OC(=O)CNC(=O)[C@H](Cc1ccccc1)NC(=O)Nc1ccc(Br)cc1. The van der Waals surface area contributed by atoms with Crippen LogP contribution in [-0.4, -0.2) is 36.1 Å². The van der Waals surface area contributed by atoms with E-state index in [-0.39, 0.29) is 13.0 Å². The van der Waals surface area contributed by atoms with E-state index < -0.39 is 29.6 Å². The summed E-state index contributed by atoms with van der Waals surface area (Å²) in [5.74, 6) is -1.02. The number of amides is 3. The first-order valence-corrected chi connectivity index (χ1v) is 10.3. The zero-order chi connectivity index (χ0) is 22.1. The Labute approximate surface area is 184 Å². The van der Waals surface area contributed by atoms with E-state index in [0.717, 1.165) is 10.0 Å². The molecule has 7 nitrogen and oxygen atoms in total. The van der Waals surface area contributed by atoms with Crippen molar-refractivity contribution in [3.63, 3.8) is 0 Å². The van der Waals surface area contributed by atoms with E-state index in [2.05, 4.69) is 31.9 Å². The monoisotopic (exact) mass is 475 g/mol. The third-order valence-corrected chi connectivity index (χ3v) is 4.36. The molecule has 3 N–H and O–H groups in total. The van der Waals surface area contributed by atoms with E-state index in [1.54, 1.807) is 45.0 Å². The topological polar surface area (TPSA) is 96.5 Å². The second-order valence-electron chi connectivity index (χ2n) is 7.65. The smallest absolute Gasteiger partial charge is 0.325 e. The third-order valence-electron chi connectivity index (χ3n) is 3.83. The van der Waals surface area contributed by atoms with Crippen molar-refractivity contribution >= 4 is 39.5 Å². The summed E-state index contributed by atoms with van der Waals surface area (Å²) >= 11 is 3.34. The molecule has 0 saturated heterocycles. The predicted molar refractivity (Wildman–Crippen MR) is 119 cm³/mol. The Morgan fingerprint density at radius 3 is 2.23 bits per heavy atom. The van der Waals surface area contributed by atoms with Gasteiger partial charge >= 0.3 is 12.0 Å². The second-order valence-corrected chi connectivity index (χ2v) is 8.57. The lowest BCUT2D eigenvalue weighted by molar-refractivity contribution is -0.154. The molecule has 30 heavy (non-hydrogen) atoms. The van der Waals surface area contributed by atoms with Crippen LogP contribution in [0.1, 0.15) is 26.3 Å². The quantitative estimate of drug-likeness (QED) is 0.532. The Hall–Kier alpha value is -2.87. The molecule has 2 aromatic carbocycles. The molecule has 2 aromatic rings. The summed E-state index contributed by atoms with van der Waals surface area (Å²) in [5, 5.41) is 7.91. The molecule has 8 heteroatoms. The summed E-state index contributed by atoms with van der Waals surface area (Å²) in [6.45, 7) is 4.97. The molecule has 0 saturated carbocycles. The molecule has 160 valence electrons. The van der Waals surface area contributed by atoms with Gasteiger partial charge in [0.05, 0.1) is 0 Å². The fraction of sp³-hybridized carbons (Fsp3) is 0.318. The molecule has 0 heterocycles. The molecule has 0 unspecified atom stereocenters. The van der Waals surface area contributed by atoms with E-state index in [1.807, 2.05) is 30.3 Å². The van der Waals surface area contributed by atoms with Crippen LogP contribution in [0, 0.1) is 0 Å². The fourth-order valence-electron chi connectivity index (χ4n) is 2.58. The van der Waals surface area contributed by atoms with E-state index >= 15 is 0 Å². The van der Waals surface area contributed by atoms with Gasteiger partial charge in [0.25, 0.3) is 0 Å². The third kappa shape index (κ3) is 8.65. The van der Waals surface area contributed by atoms with Crippen molar-refractivity contribution in [1.29, 1.82) is 0 Å². The maximum absolute atomic E-state index is 12.7. The molecule has 0 radical (unpaired) electrons. The molecule has 0 aliphatic heterocycles. The van der Waals surface area contributed by atoms with Gasteiger partial charge < -0.3 is 20.7 Å². The molecule has 2 rings (SSSR count). The predicted octanol–water partition coefficient (Wildman–Crippen LogP) is 3.64. The second kappa shape index (κ2) is 10.8. The number of anilines is 1. The van der Waals surface area contributed by atoms with Crippen molar-refractivity contribution in [3.05, 3.63) is 64.6 Å². The lowest BCUT2D eigenvalue weighted by atomic mass is 10.1. The van der Waals surface area contributed by atoms with Crippen LogP contribution in [0.2, 0.25) is 0 Å². The van der Waals surface area contributed by atoms with Crippen molar-refractivity contribution in [2.24, 2.45) is 0 Å². The van der Waals surface area contributed by atoms with Crippen molar-refractivity contribution in [3.8, 4) is 0 Å². The number of carbonyl (C=O) groups is 3. The summed E-state index contributed by atoms with van der Waals surface area (Å²) in [6.07, 6.45) is 0.273. The van der Waals surface area contributed by atoms with Crippen LogP contribution in [0.25, 0.3) is 0 Å². The summed E-state index contributed by atoms with van der Waals surface area (Å²) in [4.78, 5) is 37.0. The van der Waals surface area contributed by atoms with Crippen molar-refractivity contribution in [2.75, 3.05) is 11.9 Å². The Morgan fingerprint density at radius 2 is 1.63 bits per heavy atom. The lowest BCUT2D eigenvalue weighted by Crippen LogP contribution is -2.50. The Morgan fingerprint density at radius 1 is 1.00 bits per heavy atom. The van der Waals surface area contributed by atoms with Crippen molar-refractivity contribution in [1.82, 2.24) is 10.6 Å². The number of nitrogens with one attached hydrogen (secondary N) is 3. The maximum atomic E-state index is 12.7. The first-order valence-electron chi connectivity index (χ1n) is 9.49. The highest BCUT2D eigenvalue weighted by molar-refractivity contribution is 9.10. The molecule has 0 bridgehead atoms. The van der Waals surface area contributed by atoms with E-state index in [9.17, 15) is 14.4 Å². The van der Waals surface area contributed by atoms with E-state index in [1.165, 1.54) is 0 Å². The minimum absolute atomic E-state index is 0.273. The van der Waals surface area contributed by atoms with Gasteiger partial charge in [0.1, 0.15) is 18.2 Å². The average Bonchev–Trinajstić information content (AvgIpc) is 2.67. The average molecular weight is 476 g/mol. The summed E-state index contributed by atoms with van der Waals surface area (Å²) < 4.78 is 6.08. The van der Waals surface area contributed by atoms with Gasteiger partial charge in [-0.1, -0.05) is 46.3 Å². The Balaban J connectivity index is 2.02. The number of carbonyl (C=O) groups excluding carboxylic acids is 3. The first kappa shape index (κ1) is 23.4. The minimum atomic E-state index is -0.870. The van der Waals surface area contributed by atoms with Gasteiger partial charge in [-0.2, -0.15) is 0 Å². The van der Waals surface area contributed by atoms with E-state index in [4.69, 9.17) is 4.74 Å². The number of esters is 1. The standard InChI is InChI=1S/C22H26BrN3O4/c1-22(2,3)30-19(27)14-24-20(28)18(13-15-7-5-4-6-8-15)26-21(29)25-17-11-9-16(23)10-12-17/h4-12,18H,13-14H2,1-3H3,(H,24,28)(H2,25,26,29)/t18-/m0/s1. The zero-order valence-electron chi connectivity index (χ0n) is 17.2. The molecule has 1 atom stereocenters. The highest BCUT2D eigenvalue weighted by Crippen LogP contribution is 2.14. The number of rotatable bonds is 7. The van der Waals surface area contributed by atoms with Crippen LogP contribution >= 0.6 is 15.9 Å². The zero-order valence-corrected chi connectivity index (χ0v) is 18.8. The molecule has 0 spiro atoms. The number of urea groups is 1. The molecular formula is C22H26BrN3O4. The van der Waals surface area contributed by atoms with Crippen LogP contribution in [0.4, 0.5) is 10.5 Å². The Kier molecular flexibility index (Phi) is 8.41. The normalized spacial score (nSPS) is 11.9.